The first-order valence-electron chi connectivity index (χ1n) is 6.81. The number of carbonyl (C=O) groups excluding carboxylic acids is 1. The molecule has 0 heterocycles. The van der Waals surface area contributed by atoms with Gasteiger partial charge in [0.05, 0.1) is 0 Å². The van der Waals surface area contributed by atoms with Crippen molar-refractivity contribution < 1.29 is 4.79 Å². The van der Waals surface area contributed by atoms with Gasteiger partial charge in [0.25, 0.3) is 0 Å². The Morgan fingerprint density at radius 3 is 2.47 bits per heavy atom. The van der Waals surface area contributed by atoms with Crippen molar-refractivity contribution >= 4 is 5.78 Å². The van der Waals surface area contributed by atoms with Gasteiger partial charge in [0, 0.05) is 12.8 Å². The Bertz CT molecular complexity index is 211. The van der Waals surface area contributed by atoms with Gasteiger partial charge in [0.2, 0.25) is 0 Å². The van der Waals surface area contributed by atoms with Crippen LogP contribution < -0.4 is 0 Å². The second-order valence-corrected chi connectivity index (χ2v) is 5.60. The van der Waals surface area contributed by atoms with Gasteiger partial charge in [-0.2, -0.15) is 0 Å². The van der Waals surface area contributed by atoms with E-state index in [0.717, 1.165) is 30.6 Å². The highest BCUT2D eigenvalue weighted by molar-refractivity contribution is 5.79. The molecule has 2 saturated carbocycles. The highest BCUT2D eigenvalue weighted by Gasteiger charge is 2.32. The van der Waals surface area contributed by atoms with Crippen LogP contribution in [0.4, 0.5) is 0 Å². The van der Waals surface area contributed by atoms with Gasteiger partial charge in [-0.25, -0.2) is 0 Å². The fourth-order valence-electron chi connectivity index (χ4n) is 3.65. The Morgan fingerprint density at radius 2 is 1.80 bits per heavy atom. The van der Waals surface area contributed by atoms with Crippen LogP contribution >= 0.6 is 0 Å². The first kappa shape index (κ1) is 11.2. The second-order valence-electron chi connectivity index (χ2n) is 5.60. The number of hydrogen-bond acceptors (Lipinski definition) is 1. The lowest BCUT2D eigenvalue weighted by Gasteiger charge is -2.26. The van der Waals surface area contributed by atoms with Crippen molar-refractivity contribution in [2.75, 3.05) is 0 Å². The van der Waals surface area contributed by atoms with Crippen LogP contribution in [0.25, 0.3) is 0 Å². The molecule has 1 nitrogen and oxygen atoms in total. The lowest BCUT2D eigenvalue weighted by molar-refractivity contribution is -0.121. The number of rotatable bonds is 3. The van der Waals surface area contributed by atoms with Gasteiger partial charge in [-0.15, -0.1) is 0 Å². The molecule has 2 aliphatic rings. The predicted octanol–water partition coefficient (Wildman–Crippen LogP) is 3.96. The Labute approximate surface area is 93.6 Å². The molecule has 1 heteroatoms. The van der Waals surface area contributed by atoms with Crippen molar-refractivity contribution in [1.82, 2.24) is 0 Å². The summed E-state index contributed by atoms with van der Waals surface area (Å²) >= 11 is 0. The summed E-state index contributed by atoms with van der Waals surface area (Å²) in [6.07, 6.45) is 11.3. The summed E-state index contributed by atoms with van der Waals surface area (Å²) in [6, 6.07) is 0. The van der Waals surface area contributed by atoms with Crippen LogP contribution in [-0.4, -0.2) is 5.78 Å². The topological polar surface area (TPSA) is 17.1 Å². The fraction of sp³-hybridized carbons (Fsp3) is 0.929. The maximum atomic E-state index is 11.2. The minimum atomic E-state index is 0.509. The SMILES string of the molecule is CCCC1CCC(C2CCC(=O)CC2)C1. The minimum absolute atomic E-state index is 0.509. The van der Waals surface area contributed by atoms with Crippen molar-refractivity contribution in [1.29, 1.82) is 0 Å². The largest absolute Gasteiger partial charge is 0.300 e. The number of ketones is 1. The van der Waals surface area contributed by atoms with E-state index in [1.165, 1.54) is 44.9 Å². The van der Waals surface area contributed by atoms with E-state index in [1.54, 1.807) is 0 Å². The van der Waals surface area contributed by atoms with Crippen molar-refractivity contribution in [2.24, 2.45) is 17.8 Å². The van der Waals surface area contributed by atoms with Crippen LogP contribution in [0.15, 0.2) is 0 Å². The van der Waals surface area contributed by atoms with E-state index < -0.39 is 0 Å². The van der Waals surface area contributed by atoms with Crippen molar-refractivity contribution in [3.8, 4) is 0 Å². The van der Waals surface area contributed by atoms with Crippen molar-refractivity contribution in [3.63, 3.8) is 0 Å². The Morgan fingerprint density at radius 1 is 1.07 bits per heavy atom. The maximum absolute atomic E-state index is 11.2. The molecule has 0 radical (unpaired) electrons. The van der Waals surface area contributed by atoms with E-state index in [4.69, 9.17) is 0 Å². The minimum Gasteiger partial charge on any atom is -0.300 e. The molecule has 0 bridgehead atoms. The van der Waals surface area contributed by atoms with E-state index in [0.29, 0.717) is 5.78 Å². The summed E-state index contributed by atoms with van der Waals surface area (Å²) < 4.78 is 0. The highest BCUT2D eigenvalue weighted by Crippen LogP contribution is 2.42. The molecule has 0 aromatic rings. The highest BCUT2D eigenvalue weighted by atomic mass is 16.1. The number of carbonyl (C=O) groups is 1. The van der Waals surface area contributed by atoms with Crippen LogP contribution in [0.3, 0.4) is 0 Å². The second kappa shape index (κ2) is 5.14. The molecule has 2 rings (SSSR count). The van der Waals surface area contributed by atoms with Gasteiger partial charge in [-0.05, 0) is 43.4 Å². The molecule has 86 valence electrons. The van der Waals surface area contributed by atoms with Gasteiger partial charge >= 0.3 is 0 Å². The third kappa shape index (κ3) is 2.83. The summed E-state index contributed by atoms with van der Waals surface area (Å²) in [5.41, 5.74) is 0. The molecule has 0 aromatic carbocycles. The molecule has 15 heavy (non-hydrogen) atoms. The van der Waals surface area contributed by atoms with Crippen molar-refractivity contribution in [2.45, 2.75) is 64.7 Å². The third-order valence-electron chi connectivity index (χ3n) is 4.53. The predicted molar refractivity (Wildman–Crippen MR) is 62.7 cm³/mol. The van der Waals surface area contributed by atoms with Gasteiger partial charge in [-0.3, -0.25) is 4.79 Å². The molecule has 0 aromatic heterocycles. The normalized spacial score (nSPS) is 33.5. The van der Waals surface area contributed by atoms with Crippen LogP contribution in [0, 0.1) is 17.8 Å². The zero-order chi connectivity index (χ0) is 10.7. The summed E-state index contributed by atoms with van der Waals surface area (Å²) in [5, 5.41) is 0. The van der Waals surface area contributed by atoms with Gasteiger partial charge in [0.1, 0.15) is 5.78 Å². The molecule has 0 aliphatic heterocycles. The number of Topliss-reactive ketones (excluding diaryl/α,β-unsaturated/α-hetero) is 1. The maximum Gasteiger partial charge on any atom is 0.132 e. The molecule has 2 aliphatic carbocycles. The van der Waals surface area contributed by atoms with E-state index in [-0.39, 0.29) is 0 Å². The number of hydrogen-bond donors (Lipinski definition) is 0. The lowest BCUT2D eigenvalue weighted by atomic mass is 9.78. The zero-order valence-electron chi connectivity index (χ0n) is 10.0. The summed E-state index contributed by atoms with van der Waals surface area (Å²) in [4.78, 5) is 11.2. The Hall–Kier alpha value is -0.330. The third-order valence-corrected chi connectivity index (χ3v) is 4.53. The smallest absolute Gasteiger partial charge is 0.132 e. The van der Waals surface area contributed by atoms with Crippen LogP contribution in [0.1, 0.15) is 64.7 Å². The average molecular weight is 208 g/mol. The Kier molecular flexibility index (Phi) is 3.82. The molecule has 0 amide bonds. The lowest BCUT2D eigenvalue weighted by Crippen LogP contribution is -2.20. The van der Waals surface area contributed by atoms with Crippen LogP contribution in [-0.2, 0) is 4.79 Å². The average Bonchev–Trinajstić information content (AvgIpc) is 2.68. The van der Waals surface area contributed by atoms with Crippen molar-refractivity contribution in [3.05, 3.63) is 0 Å². The summed E-state index contributed by atoms with van der Waals surface area (Å²) in [6.45, 7) is 2.30. The molecule has 2 fully saturated rings. The molecular weight excluding hydrogens is 184 g/mol. The molecule has 0 N–H and O–H groups in total. The Balaban J connectivity index is 1.78. The molecule has 2 atom stereocenters. The van der Waals surface area contributed by atoms with Gasteiger partial charge in [0.15, 0.2) is 0 Å². The molecular formula is C14H24O. The summed E-state index contributed by atoms with van der Waals surface area (Å²) in [7, 11) is 0. The van der Waals surface area contributed by atoms with E-state index >= 15 is 0 Å². The quantitative estimate of drug-likeness (QED) is 0.686. The van der Waals surface area contributed by atoms with Gasteiger partial charge < -0.3 is 0 Å². The monoisotopic (exact) mass is 208 g/mol. The molecule has 0 spiro atoms. The van der Waals surface area contributed by atoms with Crippen LogP contribution in [0.2, 0.25) is 0 Å². The summed E-state index contributed by atoms with van der Waals surface area (Å²) in [5.74, 6) is 3.38. The van der Waals surface area contributed by atoms with Gasteiger partial charge in [-0.1, -0.05) is 26.2 Å². The first-order valence-corrected chi connectivity index (χ1v) is 6.81. The standard InChI is InChI=1S/C14H24O/c1-2-3-11-4-5-13(10-11)12-6-8-14(15)9-7-12/h11-13H,2-10H2,1H3. The first-order chi connectivity index (χ1) is 7.29. The zero-order valence-corrected chi connectivity index (χ0v) is 10.0. The van der Waals surface area contributed by atoms with Crippen LogP contribution in [0.5, 0.6) is 0 Å². The van der Waals surface area contributed by atoms with E-state index in [2.05, 4.69) is 6.92 Å². The van der Waals surface area contributed by atoms with E-state index in [1.807, 2.05) is 0 Å². The van der Waals surface area contributed by atoms with E-state index in [9.17, 15) is 4.79 Å². The molecule has 2 unspecified atom stereocenters. The molecule has 0 saturated heterocycles. The fourth-order valence-corrected chi connectivity index (χ4v) is 3.65.